The zero-order chi connectivity index (χ0) is 18.7. The van der Waals surface area contributed by atoms with Crippen LogP contribution in [0.25, 0.3) is 11.3 Å². The molecular formula is C19H16BrN3O3. The Hall–Kier alpha value is -2.93. The normalized spacial score (nSPS) is 10.4. The van der Waals surface area contributed by atoms with Crippen molar-refractivity contribution >= 4 is 39.1 Å². The summed E-state index contributed by atoms with van der Waals surface area (Å²) in [5.41, 5.74) is 3.52. The van der Waals surface area contributed by atoms with Gasteiger partial charge >= 0.3 is 0 Å². The summed E-state index contributed by atoms with van der Waals surface area (Å²) >= 11 is 3.35. The highest BCUT2D eigenvalue weighted by Crippen LogP contribution is 2.27. The van der Waals surface area contributed by atoms with E-state index in [4.69, 9.17) is 4.52 Å². The van der Waals surface area contributed by atoms with Gasteiger partial charge in [-0.3, -0.25) is 9.59 Å². The standard InChI is InChI=1S/C19H16BrN3O3/c1-11-3-5-13(6-4-11)16-10-18(26-23-16)19(25)22-17-9-14(20)7-8-15(17)21-12(2)24/h3-10H,1-2H3,(H,21,24)(H,22,25). The minimum absolute atomic E-state index is 0.0781. The highest BCUT2D eigenvalue weighted by atomic mass is 79.9. The molecule has 0 unspecified atom stereocenters. The third kappa shape index (κ3) is 4.18. The van der Waals surface area contributed by atoms with Crippen LogP contribution in [0.5, 0.6) is 0 Å². The molecule has 1 heterocycles. The van der Waals surface area contributed by atoms with Crippen LogP contribution in [-0.2, 0) is 4.79 Å². The van der Waals surface area contributed by atoms with Gasteiger partial charge in [-0.2, -0.15) is 0 Å². The van der Waals surface area contributed by atoms with E-state index in [-0.39, 0.29) is 11.7 Å². The third-order valence-electron chi connectivity index (χ3n) is 3.62. The topological polar surface area (TPSA) is 84.2 Å². The lowest BCUT2D eigenvalue weighted by atomic mass is 10.1. The average Bonchev–Trinajstić information content (AvgIpc) is 3.08. The predicted molar refractivity (Wildman–Crippen MR) is 103 cm³/mol. The Kier molecular flexibility index (Phi) is 5.18. The maximum absolute atomic E-state index is 12.5. The molecule has 26 heavy (non-hydrogen) atoms. The van der Waals surface area contributed by atoms with Crippen molar-refractivity contribution in [3.8, 4) is 11.3 Å². The van der Waals surface area contributed by atoms with E-state index < -0.39 is 5.91 Å². The second-order valence-electron chi connectivity index (χ2n) is 5.77. The molecule has 0 aliphatic heterocycles. The number of rotatable bonds is 4. The summed E-state index contributed by atoms with van der Waals surface area (Å²) in [6, 6.07) is 14.5. The Morgan fingerprint density at radius 3 is 2.42 bits per heavy atom. The Morgan fingerprint density at radius 1 is 1.00 bits per heavy atom. The van der Waals surface area contributed by atoms with Crippen LogP contribution in [0, 0.1) is 6.92 Å². The molecular weight excluding hydrogens is 398 g/mol. The lowest BCUT2D eigenvalue weighted by Crippen LogP contribution is -2.14. The summed E-state index contributed by atoms with van der Waals surface area (Å²) in [6.45, 7) is 3.40. The van der Waals surface area contributed by atoms with Crippen molar-refractivity contribution in [1.29, 1.82) is 0 Å². The smallest absolute Gasteiger partial charge is 0.294 e. The molecule has 1 aromatic heterocycles. The number of anilines is 2. The van der Waals surface area contributed by atoms with Crippen LogP contribution in [0.15, 0.2) is 57.5 Å². The van der Waals surface area contributed by atoms with E-state index in [0.29, 0.717) is 17.1 Å². The van der Waals surface area contributed by atoms with E-state index in [1.54, 1.807) is 24.3 Å². The van der Waals surface area contributed by atoms with Crippen LogP contribution in [0.3, 0.4) is 0 Å². The zero-order valence-corrected chi connectivity index (χ0v) is 15.8. The number of benzene rings is 2. The van der Waals surface area contributed by atoms with Gasteiger partial charge in [0.25, 0.3) is 5.91 Å². The molecule has 132 valence electrons. The first-order valence-corrected chi connectivity index (χ1v) is 8.64. The summed E-state index contributed by atoms with van der Waals surface area (Å²) in [5, 5.41) is 9.35. The largest absolute Gasteiger partial charge is 0.350 e. The maximum atomic E-state index is 12.5. The second-order valence-corrected chi connectivity index (χ2v) is 6.68. The molecule has 0 radical (unpaired) electrons. The Bertz CT molecular complexity index is 964. The highest BCUT2D eigenvalue weighted by Gasteiger charge is 2.16. The molecule has 0 bridgehead atoms. The van der Waals surface area contributed by atoms with Crippen LogP contribution in [-0.4, -0.2) is 17.0 Å². The van der Waals surface area contributed by atoms with Gasteiger partial charge in [0.2, 0.25) is 11.7 Å². The molecule has 2 N–H and O–H groups in total. The van der Waals surface area contributed by atoms with Crippen LogP contribution in [0.1, 0.15) is 23.0 Å². The number of amides is 2. The monoisotopic (exact) mass is 413 g/mol. The quantitative estimate of drug-likeness (QED) is 0.653. The van der Waals surface area contributed by atoms with E-state index >= 15 is 0 Å². The molecule has 3 aromatic rings. The summed E-state index contributed by atoms with van der Waals surface area (Å²) in [5.74, 6) is -0.612. The molecule has 3 rings (SSSR count). The number of nitrogens with zero attached hydrogens (tertiary/aromatic N) is 1. The molecule has 0 fully saturated rings. The van der Waals surface area contributed by atoms with Gasteiger partial charge in [-0.1, -0.05) is 50.9 Å². The minimum atomic E-state index is -0.458. The lowest BCUT2D eigenvalue weighted by Gasteiger charge is -2.10. The SMILES string of the molecule is CC(=O)Nc1ccc(Br)cc1NC(=O)c1cc(-c2ccc(C)cc2)no1. The Morgan fingerprint density at radius 2 is 1.73 bits per heavy atom. The molecule has 0 aliphatic carbocycles. The van der Waals surface area contributed by atoms with E-state index in [9.17, 15) is 9.59 Å². The number of hydrogen-bond acceptors (Lipinski definition) is 4. The first kappa shape index (κ1) is 17.9. The number of aryl methyl sites for hydroxylation is 1. The summed E-state index contributed by atoms with van der Waals surface area (Å²) in [7, 11) is 0. The number of aromatic nitrogens is 1. The first-order valence-electron chi connectivity index (χ1n) is 7.84. The zero-order valence-electron chi connectivity index (χ0n) is 14.2. The molecule has 2 aromatic carbocycles. The lowest BCUT2D eigenvalue weighted by molar-refractivity contribution is -0.114. The molecule has 0 spiro atoms. The van der Waals surface area contributed by atoms with Crippen molar-refractivity contribution in [1.82, 2.24) is 5.16 Å². The van der Waals surface area contributed by atoms with Crippen molar-refractivity contribution < 1.29 is 14.1 Å². The molecule has 0 saturated carbocycles. The minimum Gasteiger partial charge on any atom is -0.350 e. The molecule has 0 aliphatic rings. The van der Waals surface area contributed by atoms with Gasteiger partial charge in [0.15, 0.2) is 0 Å². The fourth-order valence-electron chi connectivity index (χ4n) is 2.35. The Labute approximate surface area is 158 Å². The summed E-state index contributed by atoms with van der Waals surface area (Å²) in [4.78, 5) is 23.8. The van der Waals surface area contributed by atoms with Gasteiger partial charge in [0, 0.05) is 23.0 Å². The molecule has 7 heteroatoms. The van der Waals surface area contributed by atoms with E-state index in [2.05, 4.69) is 31.7 Å². The number of nitrogens with one attached hydrogen (secondary N) is 2. The number of carbonyl (C=O) groups is 2. The molecule has 2 amide bonds. The van der Waals surface area contributed by atoms with Crippen molar-refractivity contribution in [2.24, 2.45) is 0 Å². The summed E-state index contributed by atoms with van der Waals surface area (Å²) < 4.78 is 5.94. The van der Waals surface area contributed by atoms with Crippen LogP contribution in [0.4, 0.5) is 11.4 Å². The molecule has 0 saturated heterocycles. The van der Waals surface area contributed by atoms with Crippen molar-refractivity contribution in [2.45, 2.75) is 13.8 Å². The Balaban J connectivity index is 1.82. The van der Waals surface area contributed by atoms with Gasteiger partial charge in [0.1, 0.15) is 5.69 Å². The molecule has 6 nitrogen and oxygen atoms in total. The van der Waals surface area contributed by atoms with Crippen molar-refractivity contribution in [2.75, 3.05) is 10.6 Å². The van der Waals surface area contributed by atoms with Gasteiger partial charge in [-0.05, 0) is 25.1 Å². The van der Waals surface area contributed by atoms with Gasteiger partial charge in [-0.15, -0.1) is 0 Å². The average molecular weight is 414 g/mol. The number of halogens is 1. The second kappa shape index (κ2) is 7.53. The van der Waals surface area contributed by atoms with Gasteiger partial charge in [-0.25, -0.2) is 0 Å². The van der Waals surface area contributed by atoms with Gasteiger partial charge in [0.05, 0.1) is 11.4 Å². The highest BCUT2D eigenvalue weighted by molar-refractivity contribution is 9.10. The van der Waals surface area contributed by atoms with E-state index in [1.165, 1.54) is 6.92 Å². The first-order chi connectivity index (χ1) is 12.4. The van der Waals surface area contributed by atoms with Gasteiger partial charge < -0.3 is 15.2 Å². The van der Waals surface area contributed by atoms with E-state index in [1.807, 2.05) is 31.2 Å². The summed E-state index contributed by atoms with van der Waals surface area (Å²) in [6.07, 6.45) is 0. The fraction of sp³-hybridized carbons (Fsp3) is 0.105. The van der Waals surface area contributed by atoms with Crippen LogP contribution in [0.2, 0.25) is 0 Å². The molecule has 0 atom stereocenters. The predicted octanol–water partition coefficient (Wildman–Crippen LogP) is 4.62. The number of hydrogen-bond donors (Lipinski definition) is 2. The van der Waals surface area contributed by atoms with E-state index in [0.717, 1.165) is 15.6 Å². The maximum Gasteiger partial charge on any atom is 0.294 e. The number of carbonyl (C=O) groups excluding carboxylic acids is 2. The third-order valence-corrected chi connectivity index (χ3v) is 4.12. The fourth-order valence-corrected chi connectivity index (χ4v) is 2.71. The van der Waals surface area contributed by atoms with Crippen LogP contribution < -0.4 is 10.6 Å². The van der Waals surface area contributed by atoms with Crippen molar-refractivity contribution in [3.63, 3.8) is 0 Å². The van der Waals surface area contributed by atoms with Crippen molar-refractivity contribution in [3.05, 3.63) is 64.3 Å². The van der Waals surface area contributed by atoms with Crippen LogP contribution >= 0.6 is 15.9 Å².